The van der Waals surface area contributed by atoms with Crippen LogP contribution in [0.25, 0.3) is 0 Å². The average molecular weight is 449 g/mol. The van der Waals surface area contributed by atoms with E-state index in [0.717, 1.165) is 12.8 Å². The Labute approximate surface area is 188 Å². The fraction of sp³-hybridized carbons (Fsp3) is 0.800. The van der Waals surface area contributed by atoms with Gasteiger partial charge in [0, 0.05) is 63.4 Å². The summed E-state index contributed by atoms with van der Waals surface area (Å²) < 4.78 is 4.91. The first-order valence-corrected chi connectivity index (χ1v) is 11.4. The van der Waals surface area contributed by atoms with Crippen LogP contribution in [-0.2, 0) is 9.53 Å². The highest BCUT2D eigenvalue weighted by Crippen LogP contribution is 2.26. The molecule has 4 heterocycles. The third-order valence-electron chi connectivity index (χ3n) is 6.51. The minimum absolute atomic E-state index is 0.0324. The molecule has 3 aliphatic rings. The molecule has 32 heavy (non-hydrogen) atoms. The molecule has 0 radical (unpaired) electrons. The highest BCUT2D eigenvalue weighted by molar-refractivity contribution is 5.72. The zero-order valence-corrected chi connectivity index (χ0v) is 18.8. The van der Waals surface area contributed by atoms with Gasteiger partial charge in [0.15, 0.2) is 0 Å². The maximum atomic E-state index is 11.9. The van der Waals surface area contributed by atoms with Gasteiger partial charge in [0.1, 0.15) is 0 Å². The van der Waals surface area contributed by atoms with Crippen molar-refractivity contribution in [3.63, 3.8) is 0 Å². The number of hydrogen-bond acceptors (Lipinski definition) is 12. The predicted octanol–water partition coefficient (Wildman–Crippen LogP) is -2.01. The minimum Gasteiger partial charge on any atom is -0.469 e. The summed E-state index contributed by atoms with van der Waals surface area (Å²) in [6, 6.07) is -0.129. The number of piperidine rings is 3. The molecule has 12 nitrogen and oxygen atoms in total. The van der Waals surface area contributed by atoms with E-state index in [4.69, 9.17) is 42.6 Å². The van der Waals surface area contributed by atoms with Gasteiger partial charge in [0.2, 0.25) is 17.8 Å². The molecule has 3 fully saturated rings. The highest BCUT2D eigenvalue weighted by atomic mass is 16.5. The summed E-state index contributed by atoms with van der Waals surface area (Å²) in [7, 11) is 1.43. The maximum Gasteiger partial charge on any atom is 0.308 e. The number of ether oxygens (including phenoxy) is 1. The molecule has 0 aliphatic carbocycles. The summed E-state index contributed by atoms with van der Waals surface area (Å²) in [5, 5.41) is 0. The number of hydrogen-bond donors (Lipinski definition) is 4. The Balaban J connectivity index is 1.61. The number of nitrogens with two attached hydrogens (primary N) is 4. The van der Waals surface area contributed by atoms with Crippen molar-refractivity contribution in [1.82, 2.24) is 15.0 Å². The number of carbonyl (C=O) groups excluding carboxylic acids is 1. The monoisotopic (exact) mass is 448 g/mol. The van der Waals surface area contributed by atoms with Crippen molar-refractivity contribution in [2.24, 2.45) is 28.9 Å². The maximum absolute atomic E-state index is 11.9. The highest BCUT2D eigenvalue weighted by Gasteiger charge is 2.31. The van der Waals surface area contributed by atoms with Crippen LogP contribution in [0.4, 0.5) is 17.8 Å². The summed E-state index contributed by atoms with van der Waals surface area (Å²) in [6.07, 6.45) is 2.94. The summed E-state index contributed by atoms with van der Waals surface area (Å²) in [6.45, 7) is 3.89. The topological polar surface area (TPSA) is 179 Å². The van der Waals surface area contributed by atoms with Gasteiger partial charge in [-0.15, -0.1) is 0 Å². The van der Waals surface area contributed by atoms with E-state index in [1.807, 2.05) is 9.80 Å². The standard InChI is InChI=1S/C20H36N10O2/c1-32-17(31)12-2-4-28(5-3-12)18-25-19(29-8-13(21)6-14(22)9-29)27-20(26-18)30-10-15(23)7-16(24)11-30/h12-16H,2-11,21-24H2,1H3/t13-,14+,15-,16+. The molecule has 3 saturated heterocycles. The van der Waals surface area contributed by atoms with Crippen LogP contribution in [0.15, 0.2) is 0 Å². The van der Waals surface area contributed by atoms with E-state index in [-0.39, 0.29) is 36.1 Å². The van der Waals surface area contributed by atoms with Gasteiger partial charge in [-0.25, -0.2) is 0 Å². The summed E-state index contributed by atoms with van der Waals surface area (Å²) in [5.41, 5.74) is 24.9. The first-order valence-electron chi connectivity index (χ1n) is 11.4. The van der Waals surface area contributed by atoms with Gasteiger partial charge in [-0.1, -0.05) is 0 Å². The van der Waals surface area contributed by atoms with Crippen LogP contribution in [-0.4, -0.2) is 91.5 Å². The summed E-state index contributed by atoms with van der Waals surface area (Å²) >= 11 is 0. The van der Waals surface area contributed by atoms with Crippen LogP contribution >= 0.6 is 0 Å². The fourth-order valence-electron chi connectivity index (χ4n) is 4.93. The van der Waals surface area contributed by atoms with Crippen LogP contribution in [0.1, 0.15) is 25.7 Å². The molecule has 0 aromatic carbocycles. The molecule has 0 spiro atoms. The zero-order valence-electron chi connectivity index (χ0n) is 18.8. The van der Waals surface area contributed by atoms with E-state index in [2.05, 4.69) is 4.90 Å². The number of anilines is 3. The first kappa shape index (κ1) is 22.9. The number of aromatic nitrogens is 3. The lowest BCUT2D eigenvalue weighted by molar-refractivity contribution is -0.146. The summed E-state index contributed by atoms with van der Waals surface area (Å²) in [5.74, 6) is 1.48. The van der Waals surface area contributed by atoms with Crippen LogP contribution in [0.5, 0.6) is 0 Å². The van der Waals surface area contributed by atoms with Crippen molar-refractivity contribution in [3.05, 3.63) is 0 Å². The molecule has 178 valence electrons. The number of nitrogens with zero attached hydrogens (tertiary/aromatic N) is 6. The van der Waals surface area contributed by atoms with Crippen LogP contribution < -0.4 is 37.6 Å². The minimum atomic E-state index is -0.158. The Kier molecular flexibility index (Phi) is 6.93. The zero-order chi connectivity index (χ0) is 22.8. The molecule has 8 N–H and O–H groups in total. The second kappa shape index (κ2) is 9.69. The molecule has 0 bridgehead atoms. The van der Waals surface area contributed by atoms with Gasteiger partial charge in [0.25, 0.3) is 0 Å². The normalized spacial score (nSPS) is 29.8. The van der Waals surface area contributed by atoms with Crippen molar-refractivity contribution in [3.8, 4) is 0 Å². The van der Waals surface area contributed by atoms with Crippen molar-refractivity contribution >= 4 is 23.8 Å². The smallest absolute Gasteiger partial charge is 0.308 e. The lowest BCUT2D eigenvalue weighted by Crippen LogP contribution is -2.54. The quantitative estimate of drug-likeness (QED) is 0.372. The number of esters is 1. The van der Waals surface area contributed by atoms with Gasteiger partial charge in [-0.3, -0.25) is 4.79 Å². The van der Waals surface area contributed by atoms with Crippen LogP contribution in [0.2, 0.25) is 0 Å². The number of rotatable bonds is 4. The van der Waals surface area contributed by atoms with E-state index >= 15 is 0 Å². The van der Waals surface area contributed by atoms with E-state index in [1.54, 1.807) is 0 Å². The Hall–Kier alpha value is -2.28. The lowest BCUT2D eigenvalue weighted by Gasteiger charge is -2.38. The van der Waals surface area contributed by atoms with E-state index in [0.29, 0.717) is 70.0 Å². The van der Waals surface area contributed by atoms with E-state index in [9.17, 15) is 4.79 Å². The average Bonchev–Trinajstić information content (AvgIpc) is 2.77. The van der Waals surface area contributed by atoms with Crippen LogP contribution in [0.3, 0.4) is 0 Å². The fourth-order valence-corrected chi connectivity index (χ4v) is 4.93. The predicted molar refractivity (Wildman–Crippen MR) is 122 cm³/mol. The van der Waals surface area contributed by atoms with E-state index < -0.39 is 0 Å². The third kappa shape index (κ3) is 5.20. The summed E-state index contributed by atoms with van der Waals surface area (Å²) in [4.78, 5) is 32.4. The molecular weight excluding hydrogens is 412 g/mol. The largest absolute Gasteiger partial charge is 0.469 e. The van der Waals surface area contributed by atoms with Crippen LogP contribution in [0, 0.1) is 5.92 Å². The molecule has 0 amide bonds. The van der Waals surface area contributed by atoms with Gasteiger partial charge in [-0.2, -0.15) is 15.0 Å². The van der Waals surface area contributed by atoms with Gasteiger partial charge >= 0.3 is 5.97 Å². The Bertz CT molecular complexity index is 738. The van der Waals surface area contributed by atoms with Gasteiger partial charge in [-0.05, 0) is 25.7 Å². The Morgan fingerprint density at radius 3 is 1.50 bits per heavy atom. The molecule has 0 saturated carbocycles. The first-order chi connectivity index (χ1) is 15.3. The lowest BCUT2D eigenvalue weighted by atomic mass is 9.97. The molecule has 0 unspecified atom stereocenters. The van der Waals surface area contributed by atoms with Gasteiger partial charge < -0.3 is 42.4 Å². The molecule has 12 heteroatoms. The molecule has 3 aliphatic heterocycles. The third-order valence-corrected chi connectivity index (χ3v) is 6.51. The SMILES string of the molecule is COC(=O)C1CCN(c2nc(N3C[C@H](N)C[C@H](N)C3)nc(N3C[C@H](N)C[C@H](N)C3)n2)CC1. The van der Waals surface area contributed by atoms with Crippen molar-refractivity contribution in [2.45, 2.75) is 49.9 Å². The Morgan fingerprint density at radius 2 is 1.12 bits per heavy atom. The molecular formula is C20H36N10O2. The second-order valence-electron chi connectivity index (χ2n) is 9.34. The van der Waals surface area contributed by atoms with Crippen molar-refractivity contribution in [2.75, 3.05) is 61.1 Å². The second-order valence-corrected chi connectivity index (χ2v) is 9.34. The molecule has 4 atom stereocenters. The number of carbonyl (C=O) groups is 1. The Morgan fingerprint density at radius 1 is 0.750 bits per heavy atom. The van der Waals surface area contributed by atoms with Crippen molar-refractivity contribution < 1.29 is 9.53 Å². The van der Waals surface area contributed by atoms with E-state index in [1.165, 1.54) is 7.11 Å². The van der Waals surface area contributed by atoms with Gasteiger partial charge in [0.05, 0.1) is 13.0 Å². The molecule has 1 aromatic heterocycles. The molecule has 4 rings (SSSR count). The number of methoxy groups -OCH3 is 1. The van der Waals surface area contributed by atoms with Crippen molar-refractivity contribution in [1.29, 1.82) is 0 Å². The molecule has 1 aromatic rings.